The maximum absolute atomic E-state index is 12.9. The summed E-state index contributed by atoms with van der Waals surface area (Å²) in [5.74, 6) is 0.465. The number of pyridine rings is 1. The Morgan fingerprint density at radius 3 is 2.72 bits per heavy atom. The van der Waals surface area contributed by atoms with Gasteiger partial charge in [0.05, 0.1) is 0 Å². The number of aryl methyl sites for hydroxylation is 1. The van der Waals surface area contributed by atoms with Crippen molar-refractivity contribution < 1.29 is 9.21 Å². The number of nitriles is 1. The van der Waals surface area contributed by atoms with Crippen molar-refractivity contribution in [2.45, 2.75) is 13.5 Å². The van der Waals surface area contributed by atoms with E-state index in [0.717, 1.165) is 5.56 Å². The van der Waals surface area contributed by atoms with Gasteiger partial charge in [-0.1, -0.05) is 17.7 Å². The number of nitrogens with zero attached hydrogens (tertiary/aromatic N) is 4. The lowest BCUT2D eigenvalue weighted by molar-refractivity contribution is 0.0783. The summed E-state index contributed by atoms with van der Waals surface area (Å²) >= 11 is 5.78. The van der Waals surface area contributed by atoms with E-state index < -0.39 is 0 Å². The van der Waals surface area contributed by atoms with Crippen LogP contribution in [-0.4, -0.2) is 27.4 Å². The van der Waals surface area contributed by atoms with Gasteiger partial charge in [-0.25, -0.2) is 4.98 Å². The van der Waals surface area contributed by atoms with Crippen LogP contribution < -0.4 is 0 Å². The summed E-state index contributed by atoms with van der Waals surface area (Å²) < 4.78 is 7.35. The Balaban J connectivity index is 1.91. The molecule has 0 spiro atoms. The van der Waals surface area contributed by atoms with Crippen LogP contribution in [0.15, 0.2) is 47.3 Å². The highest BCUT2D eigenvalue weighted by molar-refractivity contribution is 6.29. The molecule has 126 valence electrons. The van der Waals surface area contributed by atoms with Gasteiger partial charge in [0, 0.05) is 32.2 Å². The monoisotopic (exact) mass is 354 g/mol. The molecule has 0 saturated heterocycles. The second-order valence-electron chi connectivity index (χ2n) is 5.57. The Morgan fingerprint density at radius 2 is 2.12 bits per heavy atom. The van der Waals surface area contributed by atoms with Gasteiger partial charge in [0.15, 0.2) is 0 Å². The van der Waals surface area contributed by atoms with Crippen molar-refractivity contribution in [3.8, 4) is 12.0 Å². The van der Waals surface area contributed by atoms with E-state index in [0.29, 0.717) is 23.3 Å². The van der Waals surface area contributed by atoms with Crippen LogP contribution in [0.25, 0.3) is 5.88 Å². The molecule has 3 rings (SSSR count). The summed E-state index contributed by atoms with van der Waals surface area (Å²) in [5, 5.41) is 9.94. The van der Waals surface area contributed by atoms with Crippen LogP contribution in [-0.2, 0) is 6.54 Å². The number of furan rings is 1. The van der Waals surface area contributed by atoms with Crippen LogP contribution >= 0.6 is 11.6 Å². The third-order valence-electron chi connectivity index (χ3n) is 3.79. The first-order chi connectivity index (χ1) is 12.0. The standard InChI is InChI=1S/C18H15ClN4O2/c1-12-16(14(9-20)18(25-12)23-7-3-4-8-23)17(24)22(2)11-13-5-6-15(19)21-10-13/h3-8,10H,11H2,1-2H3. The van der Waals surface area contributed by atoms with Gasteiger partial charge in [-0.15, -0.1) is 0 Å². The molecular weight excluding hydrogens is 340 g/mol. The van der Waals surface area contributed by atoms with Crippen LogP contribution in [0.2, 0.25) is 5.15 Å². The zero-order valence-corrected chi connectivity index (χ0v) is 14.5. The molecular formula is C18H15ClN4O2. The van der Waals surface area contributed by atoms with Crippen molar-refractivity contribution in [3.63, 3.8) is 0 Å². The number of carbonyl (C=O) groups excluding carboxylic acids is 1. The molecule has 0 aromatic carbocycles. The fourth-order valence-corrected chi connectivity index (χ4v) is 2.69. The quantitative estimate of drug-likeness (QED) is 0.671. The van der Waals surface area contributed by atoms with Gasteiger partial charge in [0.1, 0.15) is 28.1 Å². The Bertz CT molecular complexity index is 937. The first-order valence-corrected chi connectivity index (χ1v) is 7.91. The lowest BCUT2D eigenvalue weighted by Crippen LogP contribution is -2.27. The molecule has 1 amide bonds. The smallest absolute Gasteiger partial charge is 0.258 e. The highest BCUT2D eigenvalue weighted by atomic mass is 35.5. The summed E-state index contributed by atoms with van der Waals surface area (Å²) in [6.07, 6.45) is 5.14. The van der Waals surface area contributed by atoms with E-state index in [-0.39, 0.29) is 17.0 Å². The predicted octanol–water partition coefficient (Wildman–Crippen LogP) is 3.57. The van der Waals surface area contributed by atoms with Crippen molar-refractivity contribution in [2.75, 3.05) is 7.05 Å². The average molecular weight is 355 g/mol. The molecule has 0 atom stereocenters. The molecule has 0 aliphatic carbocycles. The molecule has 0 N–H and O–H groups in total. The molecule has 0 bridgehead atoms. The molecule has 0 saturated carbocycles. The molecule has 7 heteroatoms. The molecule has 0 aliphatic heterocycles. The van der Waals surface area contributed by atoms with Crippen molar-refractivity contribution in [3.05, 3.63) is 70.5 Å². The van der Waals surface area contributed by atoms with Gasteiger partial charge in [-0.2, -0.15) is 5.26 Å². The highest BCUT2D eigenvalue weighted by Crippen LogP contribution is 2.26. The normalized spacial score (nSPS) is 10.5. The minimum Gasteiger partial charge on any atom is -0.443 e. The largest absolute Gasteiger partial charge is 0.443 e. The van der Waals surface area contributed by atoms with Gasteiger partial charge in [0.25, 0.3) is 5.91 Å². The fraction of sp³-hybridized carbons (Fsp3) is 0.167. The first-order valence-electron chi connectivity index (χ1n) is 7.54. The Kier molecular flexibility index (Phi) is 4.59. The van der Waals surface area contributed by atoms with Crippen molar-refractivity contribution >= 4 is 17.5 Å². The number of hydrogen-bond donors (Lipinski definition) is 0. The van der Waals surface area contributed by atoms with Crippen LogP contribution in [0.4, 0.5) is 0 Å². The first kappa shape index (κ1) is 16.8. The van der Waals surface area contributed by atoms with E-state index in [1.165, 1.54) is 4.90 Å². The second kappa shape index (κ2) is 6.83. The number of carbonyl (C=O) groups is 1. The third kappa shape index (κ3) is 3.28. The SMILES string of the molecule is Cc1oc(-n2cccc2)c(C#N)c1C(=O)N(C)Cc1ccc(Cl)nc1. The van der Waals surface area contributed by atoms with Gasteiger partial charge in [-0.3, -0.25) is 9.36 Å². The second-order valence-corrected chi connectivity index (χ2v) is 5.95. The Hall–Kier alpha value is -3.04. The summed E-state index contributed by atoms with van der Waals surface area (Å²) in [7, 11) is 1.67. The minimum absolute atomic E-state index is 0.222. The molecule has 25 heavy (non-hydrogen) atoms. The average Bonchev–Trinajstić information content (AvgIpc) is 3.23. The predicted molar refractivity (Wildman–Crippen MR) is 92.5 cm³/mol. The van der Waals surface area contributed by atoms with E-state index >= 15 is 0 Å². The number of hydrogen-bond acceptors (Lipinski definition) is 4. The Morgan fingerprint density at radius 1 is 1.40 bits per heavy atom. The molecule has 3 aromatic heterocycles. The molecule has 0 fully saturated rings. The topological polar surface area (TPSA) is 75.1 Å². The van der Waals surface area contributed by atoms with Crippen molar-refractivity contribution in [2.24, 2.45) is 0 Å². The molecule has 3 heterocycles. The number of rotatable bonds is 4. The zero-order valence-electron chi connectivity index (χ0n) is 13.7. The van der Waals surface area contributed by atoms with Gasteiger partial charge in [0.2, 0.25) is 5.88 Å². The van der Waals surface area contributed by atoms with Crippen molar-refractivity contribution in [1.82, 2.24) is 14.5 Å². The summed E-state index contributed by atoms with van der Waals surface area (Å²) in [6.45, 7) is 2.02. The minimum atomic E-state index is -0.286. The molecule has 6 nitrogen and oxygen atoms in total. The summed E-state index contributed by atoms with van der Waals surface area (Å²) in [5.41, 5.74) is 1.33. The van der Waals surface area contributed by atoms with Gasteiger partial charge >= 0.3 is 0 Å². The van der Waals surface area contributed by atoms with Crippen LogP contribution in [0.3, 0.4) is 0 Å². The van der Waals surface area contributed by atoms with Crippen molar-refractivity contribution in [1.29, 1.82) is 5.26 Å². The lowest BCUT2D eigenvalue weighted by atomic mass is 10.1. The van der Waals surface area contributed by atoms with E-state index in [4.69, 9.17) is 16.0 Å². The van der Waals surface area contributed by atoms with E-state index in [1.54, 1.807) is 49.3 Å². The lowest BCUT2D eigenvalue weighted by Gasteiger charge is -2.17. The van der Waals surface area contributed by atoms with Crippen LogP contribution in [0.1, 0.15) is 27.2 Å². The van der Waals surface area contributed by atoms with Crippen LogP contribution in [0, 0.1) is 18.3 Å². The molecule has 0 unspecified atom stereocenters. The van der Waals surface area contributed by atoms with E-state index in [9.17, 15) is 10.1 Å². The summed E-state index contributed by atoms with van der Waals surface area (Å²) in [4.78, 5) is 18.4. The third-order valence-corrected chi connectivity index (χ3v) is 4.01. The van der Waals surface area contributed by atoms with Gasteiger partial charge < -0.3 is 9.32 Å². The van der Waals surface area contributed by atoms with Crippen LogP contribution in [0.5, 0.6) is 0 Å². The van der Waals surface area contributed by atoms with E-state index in [1.807, 2.05) is 12.1 Å². The number of aromatic nitrogens is 2. The molecule has 0 aliphatic rings. The van der Waals surface area contributed by atoms with E-state index in [2.05, 4.69) is 11.1 Å². The number of amides is 1. The fourth-order valence-electron chi connectivity index (χ4n) is 2.58. The Labute approximate surface area is 149 Å². The maximum atomic E-state index is 12.9. The zero-order chi connectivity index (χ0) is 18.0. The molecule has 0 radical (unpaired) electrons. The number of halogens is 1. The maximum Gasteiger partial charge on any atom is 0.258 e. The molecule has 3 aromatic rings. The summed E-state index contributed by atoms with van der Waals surface area (Å²) in [6, 6.07) is 9.20. The highest BCUT2D eigenvalue weighted by Gasteiger charge is 2.26. The van der Waals surface area contributed by atoms with Gasteiger partial charge in [-0.05, 0) is 30.7 Å².